The van der Waals surface area contributed by atoms with Gasteiger partial charge >= 0.3 is 0 Å². The van der Waals surface area contributed by atoms with Gasteiger partial charge < -0.3 is 15.2 Å². The molecule has 1 heterocycles. The molecule has 0 aromatic heterocycles. The van der Waals surface area contributed by atoms with Crippen molar-refractivity contribution in [2.75, 3.05) is 19.9 Å². The number of para-hydroxylation sites is 1. The van der Waals surface area contributed by atoms with Gasteiger partial charge in [0, 0.05) is 5.56 Å². The summed E-state index contributed by atoms with van der Waals surface area (Å²) in [5.41, 5.74) is 6.28. The SMILES string of the molecule is Cl.N[C@@H](CF)c1cccc2c1OCCO2. The summed E-state index contributed by atoms with van der Waals surface area (Å²) >= 11 is 0. The third-order valence-electron chi connectivity index (χ3n) is 2.16. The van der Waals surface area contributed by atoms with Crippen LogP contribution >= 0.6 is 12.4 Å². The predicted molar refractivity (Wildman–Crippen MR) is 57.6 cm³/mol. The number of hydrogen-bond acceptors (Lipinski definition) is 3. The van der Waals surface area contributed by atoms with Gasteiger partial charge in [-0.15, -0.1) is 12.4 Å². The number of halogens is 2. The molecular formula is C10H13ClFNO2. The highest BCUT2D eigenvalue weighted by Gasteiger charge is 2.19. The highest BCUT2D eigenvalue weighted by molar-refractivity contribution is 5.85. The van der Waals surface area contributed by atoms with E-state index in [1.165, 1.54) is 0 Å². The van der Waals surface area contributed by atoms with Crippen LogP contribution in [0.1, 0.15) is 11.6 Å². The molecule has 0 fully saturated rings. The number of ether oxygens (including phenoxy) is 2. The monoisotopic (exact) mass is 233 g/mol. The van der Waals surface area contributed by atoms with Crippen molar-refractivity contribution < 1.29 is 13.9 Å². The van der Waals surface area contributed by atoms with E-state index in [0.717, 1.165) is 0 Å². The van der Waals surface area contributed by atoms with Crippen molar-refractivity contribution in [3.63, 3.8) is 0 Å². The average molecular weight is 234 g/mol. The molecule has 1 atom stereocenters. The first-order chi connectivity index (χ1) is 6.83. The van der Waals surface area contributed by atoms with Crippen molar-refractivity contribution in [3.05, 3.63) is 23.8 Å². The van der Waals surface area contributed by atoms with E-state index in [1.807, 2.05) is 0 Å². The quantitative estimate of drug-likeness (QED) is 0.848. The molecule has 0 unspecified atom stereocenters. The van der Waals surface area contributed by atoms with Gasteiger partial charge in [-0.3, -0.25) is 0 Å². The molecule has 0 bridgehead atoms. The summed E-state index contributed by atoms with van der Waals surface area (Å²) in [6.45, 7) is 0.421. The predicted octanol–water partition coefficient (Wildman–Crippen LogP) is 1.85. The van der Waals surface area contributed by atoms with E-state index >= 15 is 0 Å². The lowest BCUT2D eigenvalue weighted by atomic mass is 10.1. The van der Waals surface area contributed by atoms with E-state index in [4.69, 9.17) is 15.2 Å². The molecular weight excluding hydrogens is 221 g/mol. The first-order valence-electron chi connectivity index (χ1n) is 4.53. The minimum Gasteiger partial charge on any atom is -0.486 e. The van der Waals surface area contributed by atoms with E-state index in [1.54, 1.807) is 18.2 Å². The maximum Gasteiger partial charge on any atom is 0.166 e. The summed E-state index contributed by atoms with van der Waals surface area (Å²) < 4.78 is 23.2. The standard InChI is InChI=1S/C10H12FNO2.ClH/c11-6-8(12)7-2-1-3-9-10(7)14-5-4-13-9;/h1-3,8H,4-6,12H2;1H/t8-;/m0./s1. The van der Waals surface area contributed by atoms with Crippen LogP contribution < -0.4 is 15.2 Å². The van der Waals surface area contributed by atoms with Crippen LogP contribution in [0, 0.1) is 0 Å². The molecule has 84 valence electrons. The summed E-state index contributed by atoms with van der Waals surface area (Å²) in [6, 6.07) is 4.71. The first-order valence-corrected chi connectivity index (χ1v) is 4.53. The van der Waals surface area contributed by atoms with Crippen LogP contribution in [0.4, 0.5) is 4.39 Å². The molecule has 15 heavy (non-hydrogen) atoms. The summed E-state index contributed by atoms with van der Waals surface area (Å²) in [7, 11) is 0. The Morgan fingerprint density at radius 3 is 2.80 bits per heavy atom. The zero-order valence-corrected chi connectivity index (χ0v) is 8.93. The van der Waals surface area contributed by atoms with Gasteiger partial charge in [-0.1, -0.05) is 12.1 Å². The Balaban J connectivity index is 0.00000112. The molecule has 2 rings (SSSR count). The molecule has 0 saturated heterocycles. The van der Waals surface area contributed by atoms with E-state index in [0.29, 0.717) is 30.3 Å². The van der Waals surface area contributed by atoms with Crippen molar-refractivity contribution in [2.24, 2.45) is 5.73 Å². The number of hydrogen-bond donors (Lipinski definition) is 1. The fraction of sp³-hybridized carbons (Fsp3) is 0.400. The van der Waals surface area contributed by atoms with Crippen LogP contribution in [0.2, 0.25) is 0 Å². The molecule has 0 saturated carbocycles. The largest absolute Gasteiger partial charge is 0.486 e. The Morgan fingerprint density at radius 1 is 1.33 bits per heavy atom. The van der Waals surface area contributed by atoms with E-state index in [2.05, 4.69) is 0 Å². The number of alkyl halides is 1. The van der Waals surface area contributed by atoms with E-state index in [-0.39, 0.29) is 12.4 Å². The first kappa shape index (κ1) is 12.1. The average Bonchev–Trinajstić information content (AvgIpc) is 2.27. The zero-order valence-electron chi connectivity index (χ0n) is 8.11. The maximum absolute atomic E-state index is 12.4. The zero-order chi connectivity index (χ0) is 9.97. The van der Waals surface area contributed by atoms with Gasteiger partial charge in [0.05, 0.1) is 6.04 Å². The smallest absolute Gasteiger partial charge is 0.166 e. The Kier molecular flexibility index (Phi) is 4.17. The lowest BCUT2D eigenvalue weighted by Crippen LogP contribution is -2.20. The molecule has 1 aromatic carbocycles. The molecule has 3 nitrogen and oxygen atoms in total. The molecule has 2 N–H and O–H groups in total. The normalized spacial score (nSPS) is 15.3. The topological polar surface area (TPSA) is 44.5 Å². The number of rotatable bonds is 2. The fourth-order valence-electron chi connectivity index (χ4n) is 1.47. The van der Waals surface area contributed by atoms with Gasteiger partial charge in [0.2, 0.25) is 0 Å². The van der Waals surface area contributed by atoms with Gasteiger partial charge in [-0.05, 0) is 6.07 Å². The summed E-state index contributed by atoms with van der Waals surface area (Å²) in [4.78, 5) is 0. The van der Waals surface area contributed by atoms with Crippen molar-refractivity contribution in [1.29, 1.82) is 0 Å². The third kappa shape index (κ3) is 2.33. The van der Waals surface area contributed by atoms with Gasteiger partial charge in [0.1, 0.15) is 19.9 Å². The number of nitrogens with two attached hydrogens (primary N) is 1. The maximum atomic E-state index is 12.4. The fourth-order valence-corrected chi connectivity index (χ4v) is 1.47. The van der Waals surface area contributed by atoms with Crippen molar-refractivity contribution in [1.82, 2.24) is 0 Å². The second kappa shape index (κ2) is 5.19. The van der Waals surface area contributed by atoms with Crippen LogP contribution in [0.3, 0.4) is 0 Å². The minimum atomic E-state index is -0.633. The van der Waals surface area contributed by atoms with Crippen LogP contribution in [-0.2, 0) is 0 Å². The highest BCUT2D eigenvalue weighted by atomic mass is 35.5. The van der Waals surface area contributed by atoms with Gasteiger partial charge in [0.25, 0.3) is 0 Å². The Labute approximate surface area is 93.8 Å². The Bertz CT molecular complexity index is 335. The van der Waals surface area contributed by atoms with Crippen LogP contribution in [-0.4, -0.2) is 19.9 Å². The highest BCUT2D eigenvalue weighted by Crippen LogP contribution is 2.36. The second-order valence-electron chi connectivity index (χ2n) is 3.13. The molecule has 0 spiro atoms. The molecule has 0 radical (unpaired) electrons. The Morgan fingerprint density at radius 2 is 2.07 bits per heavy atom. The summed E-state index contributed by atoms with van der Waals surface area (Å²) in [6.07, 6.45) is 0. The summed E-state index contributed by atoms with van der Waals surface area (Å²) in [5.74, 6) is 1.24. The molecule has 1 aromatic rings. The minimum absolute atomic E-state index is 0. The van der Waals surface area contributed by atoms with Crippen LogP contribution in [0.5, 0.6) is 11.5 Å². The van der Waals surface area contributed by atoms with Gasteiger partial charge in [0.15, 0.2) is 11.5 Å². The number of benzene rings is 1. The molecule has 1 aliphatic rings. The van der Waals surface area contributed by atoms with Gasteiger partial charge in [-0.2, -0.15) is 0 Å². The Hall–Kier alpha value is -1.00. The molecule has 0 amide bonds. The van der Waals surface area contributed by atoms with E-state index < -0.39 is 12.7 Å². The van der Waals surface area contributed by atoms with Crippen molar-refractivity contribution in [3.8, 4) is 11.5 Å². The molecule has 5 heteroatoms. The van der Waals surface area contributed by atoms with Crippen molar-refractivity contribution in [2.45, 2.75) is 6.04 Å². The van der Waals surface area contributed by atoms with Crippen LogP contribution in [0.15, 0.2) is 18.2 Å². The molecule has 1 aliphatic heterocycles. The number of fused-ring (bicyclic) bond motifs is 1. The van der Waals surface area contributed by atoms with Crippen molar-refractivity contribution >= 4 is 12.4 Å². The lowest BCUT2D eigenvalue weighted by Gasteiger charge is -2.22. The van der Waals surface area contributed by atoms with E-state index in [9.17, 15) is 4.39 Å². The third-order valence-corrected chi connectivity index (χ3v) is 2.16. The van der Waals surface area contributed by atoms with Crippen LogP contribution in [0.25, 0.3) is 0 Å². The van der Waals surface area contributed by atoms with Gasteiger partial charge in [-0.25, -0.2) is 4.39 Å². The molecule has 0 aliphatic carbocycles. The summed E-state index contributed by atoms with van der Waals surface area (Å²) in [5, 5.41) is 0. The second-order valence-corrected chi connectivity index (χ2v) is 3.13. The lowest BCUT2D eigenvalue weighted by molar-refractivity contribution is 0.168.